The number of primary amides is 1. The van der Waals surface area contributed by atoms with E-state index in [1.807, 2.05) is 0 Å². The number of carbonyl (C=O) groups is 2. The van der Waals surface area contributed by atoms with Crippen LogP contribution in [0.4, 0.5) is 11.4 Å². The number of H-pyrrole nitrogens is 1. The Morgan fingerprint density at radius 1 is 1.05 bits per heavy atom. The van der Waals surface area contributed by atoms with Crippen molar-refractivity contribution in [2.45, 2.75) is 32.2 Å². The summed E-state index contributed by atoms with van der Waals surface area (Å²) in [7, 11) is -3.87. The molecule has 4 rings (SSSR count). The lowest BCUT2D eigenvalue weighted by molar-refractivity contribution is -0.137. The van der Waals surface area contributed by atoms with Crippen molar-refractivity contribution in [1.82, 2.24) is 4.98 Å². The predicted molar refractivity (Wildman–Crippen MR) is 160 cm³/mol. The van der Waals surface area contributed by atoms with Crippen LogP contribution in [0.15, 0.2) is 71.7 Å². The van der Waals surface area contributed by atoms with Gasteiger partial charge in [-0.25, -0.2) is 13.4 Å². The van der Waals surface area contributed by atoms with E-state index in [-0.39, 0.29) is 18.0 Å². The fourth-order valence-electron chi connectivity index (χ4n) is 4.56. The van der Waals surface area contributed by atoms with E-state index in [1.165, 1.54) is 26.0 Å². The van der Waals surface area contributed by atoms with Crippen LogP contribution >= 0.6 is 11.6 Å². The molecule has 0 bridgehead atoms. The summed E-state index contributed by atoms with van der Waals surface area (Å²) in [4.78, 5) is 30.8. The van der Waals surface area contributed by atoms with Crippen molar-refractivity contribution in [2.75, 3.05) is 10.6 Å². The van der Waals surface area contributed by atoms with E-state index in [0.29, 0.717) is 44.9 Å². The van der Waals surface area contributed by atoms with Crippen LogP contribution in [0.5, 0.6) is 5.88 Å². The number of aryl methyl sites for hydroxylation is 1. The van der Waals surface area contributed by atoms with Crippen molar-refractivity contribution in [3.63, 3.8) is 0 Å². The topological polar surface area (TPSA) is 166 Å². The average Bonchev–Trinajstić information content (AvgIpc) is 3.20. The van der Waals surface area contributed by atoms with Gasteiger partial charge in [-0.2, -0.15) is 0 Å². The van der Waals surface area contributed by atoms with Gasteiger partial charge in [0.2, 0.25) is 15.9 Å². The van der Waals surface area contributed by atoms with Crippen LogP contribution in [0.1, 0.15) is 37.0 Å². The van der Waals surface area contributed by atoms with Gasteiger partial charge in [0, 0.05) is 22.4 Å². The van der Waals surface area contributed by atoms with Crippen LogP contribution in [-0.4, -0.2) is 53.0 Å². The minimum Gasteiger partial charge on any atom is -0.494 e. The number of sulfonamides is 1. The summed E-state index contributed by atoms with van der Waals surface area (Å²) in [6.45, 7) is 2.85. The average molecular weight is 597 g/mol. The number of amides is 1. The SMILES string of the molecule is CC(C)(C(N)=O)N(c1ccc(N=C(c2ccc(CCC(=O)O)cc2)c2c(O)[nH]c3cc(Cl)ccc23)cc1)S(C)(=O)=O. The number of anilines is 1. The molecule has 3 aromatic carbocycles. The molecule has 0 unspecified atom stereocenters. The van der Waals surface area contributed by atoms with Crippen LogP contribution in [0.25, 0.3) is 10.9 Å². The Morgan fingerprint density at radius 2 is 1.68 bits per heavy atom. The second-order valence-corrected chi connectivity index (χ2v) is 12.3. The van der Waals surface area contributed by atoms with Crippen LogP contribution in [0.3, 0.4) is 0 Å². The number of halogens is 1. The van der Waals surface area contributed by atoms with Crippen LogP contribution < -0.4 is 10.0 Å². The number of aliphatic carboxylic acids is 1. The van der Waals surface area contributed by atoms with Gasteiger partial charge in [0.1, 0.15) is 5.54 Å². The van der Waals surface area contributed by atoms with E-state index >= 15 is 0 Å². The maximum atomic E-state index is 12.6. The molecule has 0 aliphatic heterocycles. The third-order valence-corrected chi connectivity index (χ3v) is 8.17. The molecule has 1 heterocycles. The Kier molecular flexibility index (Phi) is 8.14. The van der Waals surface area contributed by atoms with Gasteiger partial charge in [-0.3, -0.25) is 13.9 Å². The number of nitrogens with one attached hydrogen (secondary N) is 1. The van der Waals surface area contributed by atoms with Gasteiger partial charge in [-0.15, -0.1) is 0 Å². The highest BCUT2D eigenvalue weighted by Crippen LogP contribution is 2.34. The zero-order valence-electron chi connectivity index (χ0n) is 22.6. The molecule has 41 heavy (non-hydrogen) atoms. The molecule has 0 radical (unpaired) electrons. The summed E-state index contributed by atoms with van der Waals surface area (Å²) in [5, 5.41) is 21.1. The second kappa shape index (κ2) is 11.3. The normalized spacial score (nSPS) is 12.4. The number of aromatic amines is 1. The Labute approximate surface area is 242 Å². The second-order valence-electron chi connectivity index (χ2n) is 10.1. The van der Waals surface area contributed by atoms with Gasteiger partial charge in [0.25, 0.3) is 0 Å². The highest BCUT2D eigenvalue weighted by Gasteiger charge is 2.39. The van der Waals surface area contributed by atoms with Crippen molar-refractivity contribution in [1.29, 1.82) is 0 Å². The molecule has 0 aliphatic carbocycles. The summed E-state index contributed by atoms with van der Waals surface area (Å²) < 4.78 is 26.2. The summed E-state index contributed by atoms with van der Waals surface area (Å²) in [5.74, 6) is -1.83. The fraction of sp³-hybridized carbons (Fsp3) is 0.207. The minimum absolute atomic E-state index is 0.00626. The molecule has 1 amide bonds. The molecule has 0 spiro atoms. The summed E-state index contributed by atoms with van der Waals surface area (Å²) in [5.41, 5.74) is 7.54. The van der Waals surface area contributed by atoms with Gasteiger partial charge in [-0.05, 0) is 62.2 Å². The molecule has 0 fully saturated rings. The molecule has 4 aromatic rings. The number of benzene rings is 3. The quantitative estimate of drug-likeness (QED) is 0.193. The molecule has 5 N–H and O–H groups in total. The standard InChI is InChI=1S/C29H29ClN4O6S/c1-29(2,28(31)38)34(41(3,39)40)21-12-10-20(11-13-21)32-26(18-7-4-17(5-8-18)6-15-24(35)36)25-22-14-9-19(30)16-23(22)33-27(25)37/h4-5,7-14,16,33,37H,6,15H2,1-3H3,(H2,31,38)(H,35,36). The number of aliphatic imine (C=N–C) groups is 1. The molecule has 0 aliphatic rings. The molecule has 12 heteroatoms. The Balaban J connectivity index is 1.84. The monoisotopic (exact) mass is 596 g/mol. The number of hydrogen-bond acceptors (Lipinski definition) is 6. The first kappa shape index (κ1) is 29.6. The smallest absolute Gasteiger partial charge is 0.303 e. The van der Waals surface area contributed by atoms with Crippen molar-refractivity contribution in [3.8, 4) is 5.88 Å². The lowest BCUT2D eigenvalue weighted by atomic mass is 9.98. The number of aromatic hydroxyl groups is 1. The van der Waals surface area contributed by atoms with E-state index < -0.39 is 27.4 Å². The molecule has 10 nitrogen and oxygen atoms in total. The predicted octanol–water partition coefficient (Wildman–Crippen LogP) is 4.74. The third kappa shape index (κ3) is 6.36. The molecule has 0 atom stereocenters. The largest absolute Gasteiger partial charge is 0.494 e. The lowest BCUT2D eigenvalue weighted by Gasteiger charge is -2.35. The molecule has 0 saturated heterocycles. The van der Waals surface area contributed by atoms with E-state index in [2.05, 4.69) is 4.98 Å². The first-order valence-corrected chi connectivity index (χ1v) is 14.7. The van der Waals surface area contributed by atoms with Gasteiger partial charge < -0.3 is 20.9 Å². The van der Waals surface area contributed by atoms with Crippen LogP contribution in [0.2, 0.25) is 5.02 Å². The van der Waals surface area contributed by atoms with Gasteiger partial charge in [0.05, 0.1) is 34.4 Å². The first-order chi connectivity index (χ1) is 19.2. The van der Waals surface area contributed by atoms with Crippen molar-refractivity contribution in [3.05, 3.63) is 88.4 Å². The Hall–Kier alpha value is -4.35. The molecule has 1 aromatic heterocycles. The number of nitrogens with two attached hydrogens (primary N) is 1. The fourth-order valence-corrected chi connectivity index (χ4v) is 6.16. The zero-order valence-corrected chi connectivity index (χ0v) is 24.1. The highest BCUT2D eigenvalue weighted by molar-refractivity contribution is 7.92. The van der Waals surface area contributed by atoms with Gasteiger partial charge in [0.15, 0.2) is 5.88 Å². The number of fused-ring (bicyclic) bond motifs is 1. The molecule has 0 saturated carbocycles. The summed E-state index contributed by atoms with van der Waals surface area (Å²) >= 11 is 6.15. The van der Waals surface area contributed by atoms with Crippen LogP contribution in [-0.2, 0) is 26.0 Å². The molecular weight excluding hydrogens is 568 g/mol. The highest BCUT2D eigenvalue weighted by atomic mass is 35.5. The van der Waals surface area contributed by atoms with E-state index in [1.54, 1.807) is 54.6 Å². The lowest BCUT2D eigenvalue weighted by Crippen LogP contribution is -2.55. The van der Waals surface area contributed by atoms with Crippen molar-refractivity contribution < 1.29 is 28.2 Å². The maximum Gasteiger partial charge on any atom is 0.303 e. The molecule has 214 valence electrons. The number of nitrogens with zero attached hydrogens (tertiary/aromatic N) is 2. The number of carboxylic acids is 1. The van der Waals surface area contributed by atoms with Crippen LogP contribution in [0, 0.1) is 0 Å². The number of aromatic nitrogens is 1. The van der Waals surface area contributed by atoms with Crippen molar-refractivity contribution in [2.24, 2.45) is 10.7 Å². The summed E-state index contributed by atoms with van der Waals surface area (Å²) in [6, 6.07) is 18.5. The van der Waals surface area contributed by atoms with Gasteiger partial charge in [-0.1, -0.05) is 41.9 Å². The summed E-state index contributed by atoms with van der Waals surface area (Å²) in [6.07, 6.45) is 1.35. The van der Waals surface area contributed by atoms with Gasteiger partial charge >= 0.3 is 5.97 Å². The first-order valence-electron chi connectivity index (χ1n) is 12.5. The number of carboxylic acid groups (broad SMARTS) is 1. The van der Waals surface area contributed by atoms with E-state index in [9.17, 15) is 23.1 Å². The maximum absolute atomic E-state index is 12.6. The molecular formula is C29H29ClN4O6S. The third-order valence-electron chi connectivity index (χ3n) is 6.60. The number of rotatable bonds is 10. The number of carbonyl (C=O) groups excluding carboxylic acids is 1. The number of hydrogen-bond donors (Lipinski definition) is 4. The Bertz CT molecular complexity index is 1760. The zero-order chi connectivity index (χ0) is 30.1. The Morgan fingerprint density at radius 3 is 2.24 bits per heavy atom. The van der Waals surface area contributed by atoms with E-state index in [4.69, 9.17) is 27.4 Å². The van der Waals surface area contributed by atoms with E-state index in [0.717, 1.165) is 16.1 Å². The van der Waals surface area contributed by atoms with Crippen molar-refractivity contribution >= 4 is 61.5 Å². The minimum atomic E-state index is -3.87.